The Bertz CT molecular complexity index is 2540. The van der Waals surface area contributed by atoms with Crippen molar-refractivity contribution >= 4 is 27.7 Å². The molecule has 2 aromatic heterocycles. The maximum absolute atomic E-state index is 6.69. The summed E-state index contributed by atoms with van der Waals surface area (Å²) in [7, 11) is 0. The zero-order chi connectivity index (χ0) is 35.8. The Morgan fingerprint density at radius 1 is 0.717 bits per heavy atom. The van der Waals surface area contributed by atoms with Crippen molar-refractivity contribution < 1.29 is 30.5 Å². The summed E-state index contributed by atoms with van der Waals surface area (Å²) >= 11 is 0. The average Bonchev–Trinajstić information content (AvgIpc) is 3.80. The van der Waals surface area contributed by atoms with Crippen LogP contribution in [0.2, 0.25) is 0 Å². The normalized spacial score (nSPS) is 16.5. The number of pyridine rings is 1. The number of aliphatic imine (C=N–C) groups is 1. The Balaban J connectivity index is 0.00000400. The molecule has 5 nitrogen and oxygen atoms in total. The molecule has 1 aliphatic heterocycles. The molecule has 5 aromatic carbocycles. The maximum Gasteiger partial charge on any atom is 2.00 e. The molecule has 0 unspecified atom stereocenters. The van der Waals surface area contributed by atoms with Crippen LogP contribution < -0.4 is 4.74 Å². The van der Waals surface area contributed by atoms with Gasteiger partial charge in [-0.15, -0.1) is 23.6 Å². The predicted molar refractivity (Wildman–Crippen MR) is 210 cm³/mol. The quantitative estimate of drug-likeness (QED) is 0.162. The molecule has 6 heteroatoms. The van der Waals surface area contributed by atoms with E-state index in [0.717, 1.165) is 50.7 Å². The van der Waals surface area contributed by atoms with Crippen LogP contribution in [0.1, 0.15) is 75.4 Å². The Hall–Kier alpha value is -4.99. The molecule has 9 rings (SSSR count). The monoisotopic (exact) mass is 874 g/mol. The van der Waals surface area contributed by atoms with Crippen molar-refractivity contribution in [3.8, 4) is 28.4 Å². The zero-order valence-electron chi connectivity index (χ0n) is 30.8. The Morgan fingerprint density at radius 2 is 1.47 bits per heavy atom. The van der Waals surface area contributed by atoms with Crippen LogP contribution in [0.3, 0.4) is 0 Å². The third-order valence-corrected chi connectivity index (χ3v) is 10.4. The van der Waals surface area contributed by atoms with Gasteiger partial charge in [0.1, 0.15) is 23.9 Å². The Kier molecular flexibility index (Phi) is 8.69. The predicted octanol–water partition coefficient (Wildman–Crippen LogP) is 11.3. The molecule has 0 N–H and O–H groups in total. The maximum atomic E-state index is 6.69. The van der Waals surface area contributed by atoms with Crippen molar-refractivity contribution in [1.29, 1.82) is 0 Å². The third-order valence-electron chi connectivity index (χ3n) is 10.4. The summed E-state index contributed by atoms with van der Waals surface area (Å²) < 4.78 is 15.4. The van der Waals surface area contributed by atoms with Crippen LogP contribution in [-0.2, 0) is 43.1 Å². The van der Waals surface area contributed by atoms with E-state index in [1.807, 2.05) is 36.5 Å². The summed E-state index contributed by atoms with van der Waals surface area (Å²) in [6, 6.07) is 45.3. The van der Waals surface area contributed by atoms with Gasteiger partial charge in [0.2, 0.25) is 0 Å². The fourth-order valence-electron chi connectivity index (χ4n) is 7.55. The molecule has 7 aromatic rings. The molecule has 0 radical (unpaired) electrons. The summed E-state index contributed by atoms with van der Waals surface area (Å²) in [5.74, 6) is 2.62. The number of rotatable bonds is 5. The van der Waals surface area contributed by atoms with Gasteiger partial charge in [-0.3, -0.25) is 4.99 Å². The summed E-state index contributed by atoms with van der Waals surface area (Å²) in [5.41, 5.74) is 9.87. The number of nitrogens with zero attached hydrogens (tertiary/aromatic N) is 3. The number of benzene rings is 5. The van der Waals surface area contributed by atoms with Gasteiger partial charge in [0.15, 0.2) is 0 Å². The van der Waals surface area contributed by atoms with Crippen molar-refractivity contribution in [2.75, 3.05) is 0 Å². The average molecular weight is 875 g/mol. The Morgan fingerprint density at radius 3 is 2.26 bits per heavy atom. The fraction of sp³-hybridized carbons (Fsp3) is 0.234. The van der Waals surface area contributed by atoms with Crippen molar-refractivity contribution in [2.24, 2.45) is 4.99 Å². The SMILES string of the molecule is CC(C)(C)c1ccnc(-n2c3[c-]c(Oc4[c-]c(C5=N[C@@H]6c7ccccc7C[C@@H]6O5)cc(-c5ccccc5)c4)ccc3c3cc(C(C)(C)C)ccc32)c1.[Pt+2]. The minimum atomic E-state index is -0.0273. The first kappa shape index (κ1) is 35.1. The summed E-state index contributed by atoms with van der Waals surface area (Å²) in [5, 5.41) is 2.26. The van der Waals surface area contributed by atoms with Crippen LogP contribution >= 0.6 is 0 Å². The topological polar surface area (TPSA) is 48.6 Å². The van der Waals surface area contributed by atoms with Gasteiger partial charge in [0.05, 0.1) is 0 Å². The van der Waals surface area contributed by atoms with E-state index in [1.54, 1.807) is 0 Å². The molecule has 0 amide bonds. The smallest absolute Gasteiger partial charge is 0.514 e. The van der Waals surface area contributed by atoms with Crippen molar-refractivity contribution in [1.82, 2.24) is 9.55 Å². The van der Waals surface area contributed by atoms with E-state index >= 15 is 0 Å². The van der Waals surface area contributed by atoms with Crippen LogP contribution in [0.4, 0.5) is 0 Å². The largest absolute Gasteiger partial charge is 2.00 e. The number of hydrogen-bond donors (Lipinski definition) is 0. The first-order valence-corrected chi connectivity index (χ1v) is 18.1. The number of fused-ring (bicyclic) bond motifs is 6. The van der Waals surface area contributed by atoms with Gasteiger partial charge in [-0.1, -0.05) is 137 Å². The molecule has 0 saturated carbocycles. The minimum Gasteiger partial charge on any atom is -0.514 e. The van der Waals surface area contributed by atoms with Crippen molar-refractivity contribution in [3.05, 3.63) is 155 Å². The molecule has 0 fully saturated rings. The second-order valence-corrected chi connectivity index (χ2v) is 16.1. The van der Waals surface area contributed by atoms with Gasteiger partial charge in [-0.25, -0.2) is 4.98 Å². The van der Waals surface area contributed by atoms with Crippen LogP contribution in [0, 0.1) is 12.1 Å². The first-order chi connectivity index (χ1) is 25.0. The van der Waals surface area contributed by atoms with E-state index in [2.05, 4.69) is 137 Å². The van der Waals surface area contributed by atoms with E-state index < -0.39 is 0 Å². The van der Waals surface area contributed by atoms with Gasteiger partial charge >= 0.3 is 21.1 Å². The Labute approximate surface area is 326 Å². The molecule has 1 aliphatic carbocycles. The van der Waals surface area contributed by atoms with Gasteiger partial charge in [-0.2, -0.15) is 6.07 Å². The molecular weight excluding hydrogens is 834 g/mol. The summed E-state index contributed by atoms with van der Waals surface area (Å²) in [4.78, 5) is 9.98. The van der Waals surface area contributed by atoms with Crippen molar-refractivity contribution in [3.63, 3.8) is 0 Å². The van der Waals surface area contributed by atoms with E-state index in [4.69, 9.17) is 19.5 Å². The van der Waals surface area contributed by atoms with E-state index in [0.29, 0.717) is 17.4 Å². The van der Waals surface area contributed by atoms with Crippen LogP contribution in [0.5, 0.6) is 11.5 Å². The van der Waals surface area contributed by atoms with Gasteiger partial charge in [-0.05, 0) is 62.2 Å². The van der Waals surface area contributed by atoms with Gasteiger partial charge in [0.25, 0.3) is 0 Å². The molecule has 2 aliphatic rings. The molecule has 0 spiro atoms. The van der Waals surface area contributed by atoms with E-state index in [-0.39, 0.29) is 44.0 Å². The van der Waals surface area contributed by atoms with Gasteiger partial charge in [0, 0.05) is 29.6 Å². The second-order valence-electron chi connectivity index (χ2n) is 16.1. The first-order valence-electron chi connectivity index (χ1n) is 18.1. The molecule has 53 heavy (non-hydrogen) atoms. The number of aromatic nitrogens is 2. The minimum absolute atomic E-state index is 0. The number of ether oxygens (including phenoxy) is 2. The molecular formula is C47H41N3O2Pt. The summed E-state index contributed by atoms with van der Waals surface area (Å²) in [6.45, 7) is 13.4. The van der Waals surface area contributed by atoms with Crippen LogP contribution in [0.25, 0.3) is 38.8 Å². The fourth-order valence-corrected chi connectivity index (χ4v) is 7.55. The summed E-state index contributed by atoms with van der Waals surface area (Å²) in [6.07, 6.45) is 2.75. The molecule has 266 valence electrons. The van der Waals surface area contributed by atoms with E-state index in [9.17, 15) is 0 Å². The standard InChI is InChI=1S/C47H41N3O2.Pt/c1-46(2,3)33-16-19-40-39(26-33)38-18-17-35(28-41(38)50(40)43-27-34(20-21-48-43)47(4,5)6)51-36-23-31(29-12-8-7-9-13-29)22-32(24-36)45-49-44-37-15-11-10-14-30(37)25-42(44)52-45;/h7-23,26-27,42,44H,25H2,1-6H3;/q-2;+2/t42-,44+;/m0./s1. The van der Waals surface area contributed by atoms with Gasteiger partial charge < -0.3 is 14.0 Å². The van der Waals surface area contributed by atoms with Crippen molar-refractivity contribution in [2.45, 2.75) is 70.9 Å². The third kappa shape index (κ3) is 6.40. The second kappa shape index (κ2) is 13.1. The number of hydrogen-bond acceptors (Lipinski definition) is 4. The molecule has 0 saturated heterocycles. The molecule has 0 bridgehead atoms. The van der Waals surface area contributed by atoms with E-state index in [1.165, 1.54) is 22.3 Å². The van der Waals surface area contributed by atoms with Crippen LogP contribution in [0.15, 0.2) is 120 Å². The zero-order valence-corrected chi connectivity index (χ0v) is 33.1. The molecule has 3 heterocycles. The van der Waals surface area contributed by atoms with Crippen LogP contribution in [-0.4, -0.2) is 21.6 Å². The molecule has 2 atom stereocenters.